The van der Waals surface area contributed by atoms with Crippen LogP contribution in [-0.4, -0.2) is 20.2 Å². The molecule has 0 radical (unpaired) electrons. The van der Waals surface area contributed by atoms with E-state index in [1.807, 2.05) is 0 Å². The third-order valence-electron chi connectivity index (χ3n) is 2.15. The number of halogens is 3. The van der Waals surface area contributed by atoms with E-state index in [1.165, 1.54) is 10.7 Å². The van der Waals surface area contributed by atoms with Crippen LogP contribution < -0.4 is 5.73 Å². The van der Waals surface area contributed by atoms with Crippen LogP contribution in [0.5, 0.6) is 0 Å². The van der Waals surface area contributed by atoms with Crippen LogP contribution in [-0.2, 0) is 12.7 Å². The fourth-order valence-corrected chi connectivity index (χ4v) is 1.34. The van der Waals surface area contributed by atoms with Gasteiger partial charge in [0, 0.05) is 0 Å². The molecule has 0 saturated heterocycles. The Morgan fingerprint density at radius 2 is 2.06 bits per heavy atom. The van der Waals surface area contributed by atoms with Crippen molar-refractivity contribution in [2.24, 2.45) is 0 Å². The molecule has 0 bridgehead atoms. The SMILES string of the molecule is Nc1nnnn1Cc1cccc(C(F)(F)F)c1. The second kappa shape index (κ2) is 4.04. The predicted octanol–water partition coefficient (Wildman–Crippen LogP) is 1.32. The molecule has 0 unspecified atom stereocenters. The Morgan fingerprint density at radius 3 is 2.65 bits per heavy atom. The summed E-state index contributed by atoms with van der Waals surface area (Å²) in [6, 6.07) is 4.93. The molecule has 0 spiro atoms. The van der Waals surface area contributed by atoms with E-state index in [2.05, 4.69) is 15.5 Å². The highest BCUT2D eigenvalue weighted by molar-refractivity contribution is 5.26. The van der Waals surface area contributed by atoms with Crippen molar-refractivity contribution in [2.75, 3.05) is 5.73 Å². The number of benzene rings is 1. The van der Waals surface area contributed by atoms with Gasteiger partial charge < -0.3 is 5.73 Å². The molecule has 2 rings (SSSR count). The lowest BCUT2D eigenvalue weighted by Crippen LogP contribution is -2.09. The first-order valence-corrected chi connectivity index (χ1v) is 4.64. The molecule has 1 aromatic carbocycles. The van der Waals surface area contributed by atoms with Crippen molar-refractivity contribution in [2.45, 2.75) is 12.7 Å². The maximum atomic E-state index is 12.5. The van der Waals surface area contributed by atoms with E-state index in [9.17, 15) is 13.2 Å². The summed E-state index contributed by atoms with van der Waals surface area (Å²) in [5.74, 6) is 0.0578. The summed E-state index contributed by atoms with van der Waals surface area (Å²) in [7, 11) is 0. The lowest BCUT2D eigenvalue weighted by molar-refractivity contribution is -0.137. The van der Waals surface area contributed by atoms with Gasteiger partial charge in [0.05, 0.1) is 12.1 Å². The molecule has 90 valence electrons. The van der Waals surface area contributed by atoms with Crippen LogP contribution in [0.2, 0.25) is 0 Å². The molecule has 2 aromatic rings. The van der Waals surface area contributed by atoms with Crippen LogP contribution in [0.25, 0.3) is 0 Å². The van der Waals surface area contributed by atoms with E-state index < -0.39 is 11.7 Å². The van der Waals surface area contributed by atoms with Crippen LogP contribution in [0.1, 0.15) is 11.1 Å². The Balaban J connectivity index is 2.26. The first kappa shape index (κ1) is 11.4. The Bertz CT molecular complexity index is 519. The number of hydrogen-bond acceptors (Lipinski definition) is 4. The smallest absolute Gasteiger partial charge is 0.367 e. The summed E-state index contributed by atoms with van der Waals surface area (Å²) in [4.78, 5) is 0. The van der Waals surface area contributed by atoms with Crippen LogP contribution in [0.15, 0.2) is 24.3 Å². The average molecular weight is 243 g/mol. The summed E-state index contributed by atoms with van der Waals surface area (Å²) >= 11 is 0. The lowest BCUT2D eigenvalue weighted by atomic mass is 10.1. The monoisotopic (exact) mass is 243 g/mol. The molecule has 1 heterocycles. The van der Waals surface area contributed by atoms with Crippen molar-refractivity contribution < 1.29 is 13.2 Å². The minimum Gasteiger partial charge on any atom is -0.367 e. The third-order valence-corrected chi connectivity index (χ3v) is 2.15. The van der Waals surface area contributed by atoms with Crippen molar-refractivity contribution in [3.8, 4) is 0 Å². The molecule has 0 amide bonds. The molecule has 0 fully saturated rings. The largest absolute Gasteiger partial charge is 0.416 e. The molecule has 0 saturated carbocycles. The molecule has 0 atom stereocenters. The fraction of sp³-hybridized carbons (Fsp3) is 0.222. The highest BCUT2D eigenvalue weighted by Gasteiger charge is 2.30. The van der Waals surface area contributed by atoms with Gasteiger partial charge in [-0.1, -0.05) is 17.2 Å². The van der Waals surface area contributed by atoms with Gasteiger partial charge in [0.15, 0.2) is 0 Å². The van der Waals surface area contributed by atoms with Crippen molar-refractivity contribution in [1.82, 2.24) is 20.2 Å². The Kier molecular flexibility index (Phi) is 2.70. The van der Waals surface area contributed by atoms with Crippen LogP contribution in [0.4, 0.5) is 19.1 Å². The Morgan fingerprint density at radius 1 is 1.29 bits per heavy atom. The van der Waals surface area contributed by atoms with Gasteiger partial charge >= 0.3 is 6.18 Å². The van der Waals surface area contributed by atoms with Gasteiger partial charge in [-0.25, -0.2) is 4.68 Å². The zero-order valence-corrected chi connectivity index (χ0v) is 8.52. The van der Waals surface area contributed by atoms with Gasteiger partial charge in [-0.05, 0) is 28.1 Å². The number of tetrazole rings is 1. The first-order valence-electron chi connectivity index (χ1n) is 4.64. The molecule has 5 nitrogen and oxygen atoms in total. The molecule has 1 aromatic heterocycles. The molecular weight excluding hydrogens is 235 g/mol. The molecule has 0 aliphatic rings. The van der Waals surface area contributed by atoms with E-state index in [0.717, 1.165) is 12.1 Å². The maximum Gasteiger partial charge on any atom is 0.416 e. The normalized spacial score (nSPS) is 11.7. The molecule has 0 aliphatic heterocycles. The third kappa shape index (κ3) is 2.52. The number of nitrogens with two attached hydrogens (primary N) is 1. The minimum atomic E-state index is -4.36. The number of nitrogens with zero attached hydrogens (tertiary/aromatic N) is 4. The summed E-state index contributed by atoms with van der Waals surface area (Å²) in [5, 5.41) is 10.3. The van der Waals surface area contributed by atoms with E-state index in [4.69, 9.17) is 5.73 Å². The van der Waals surface area contributed by atoms with E-state index >= 15 is 0 Å². The molecule has 8 heteroatoms. The van der Waals surface area contributed by atoms with E-state index in [1.54, 1.807) is 6.07 Å². The second-order valence-corrected chi connectivity index (χ2v) is 3.39. The molecule has 0 aliphatic carbocycles. The topological polar surface area (TPSA) is 69.6 Å². The summed E-state index contributed by atoms with van der Waals surface area (Å²) in [5.41, 5.74) is 5.14. The highest BCUT2D eigenvalue weighted by Crippen LogP contribution is 2.29. The van der Waals surface area contributed by atoms with Crippen molar-refractivity contribution in [1.29, 1.82) is 0 Å². The second-order valence-electron chi connectivity index (χ2n) is 3.39. The van der Waals surface area contributed by atoms with E-state index in [-0.39, 0.29) is 12.5 Å². The Labute approximate surface area is 94.0 Å². The van der Waals surface area contributed by atoms with Gasteiger partial charge in [0.1, 0.15) is 0 Å². The predicted molar refractivity (Wildman–Crippen MR) is 52.8 cm³/mol. The first-order chi connectivity index (χ1) is 7.97. The van der Waals surface area contributed by atoms with Crippen LogP contribution in [0.3, 0.4) is 0 Å². The summed E-state index contributed by atoms with van der Waals surface area (Å²) < 4.78 is 38.6. The quantitative estimate of drug-likeness (QED) is 0.863. The van der Waals surface area contributed by atoms with Gasteiger partial charge in [-0.2, -0.15) is 13.2 Å². The standard InChI is InChI=1S/C9H8F3N5/c10-9(11,12)7-3-1-2-6(4-7)5-17-8(13)14-15-16-17/h1-4H,5H2,(H2,13,14,16). The molecular formula is C9H8F3N5. The Hall–Kier alpha value is -2.12. The van der Waals surface area contributed by atoms with Gasteiger partial charge in [0.25, 0.3) is 0 Å². The van der Waals surface area contributed by atoms with E-state index in [0.29, 0.717) is 5.56 Å². The average Bonchev–Trinajstić information content (AvgIpc) is 2.64. The zero-order valence-electron chi connectivity index (χ0n) is 8.52. The summed E-state index contributed by atoms with van der Waals surface area (Å²) in [6.45, 7) is 0.1000. The molecule has 17 heavy (non-hydrogen) atoms. The van der Waals surface area contributed by atoms with Gasteiger partial charge in [-0.15, -0.1) is 0 Å². The minimum absolute atomic E-state index is 0.0578. The fourth-order valence-electron chi connectivity index (χ4n) is 1.34. The molecule has 2 N–H and O–H groups in total. The maximum absolute atomic E-state index is 12.5. The number of alkyl halides is 3. The van der Waals surface area contributed by atoms with Gasteiger partial charge in [0.2, 0.25) is 5.95 Å². The zero-order chi connectivity index (χ0) is 12.5. The number of anilines is 1. The lowest BCUT2D eigenvalue weighted by Gasteiger charge is -2.08. The summed E-state index contributed by atoms with van der Waals surface area (Å²) in [6.07, 6.45) is -4.36. The number of rotatable bonds is 2. The van der Waals surface area contributed by atoms with Crippen LogP contribution >= 0.6 is 0 Å². The van der Waals surface area contributed by atoms with Gasteiger partial charge in [-0.3, -0.25) is 0 Å². The number of nitrogen functional groups attached to an aromatic ring is 1. The number of aromatic nitrogens is 4. The van der Waals surface area contributed by atoms with Crippen molar-refractivity contribution >= 4 is 5.95 Å². The van der Waals surface area contributed by atoms with Crippen molar-refractivity contribution in [3.63, 3.8) is 0 Å². The van der Waals surface area contributed by atoms with Crippen molar-refractivity contribution in [3.05, 3.63) is 35.4 Å². The number of hydrogen-bond donors (Lipinski definition) is 1. The van der Waals surface area contributed by atoms with Crippen LogP contribution in [0, 0.1) is 0 Å². The highest BCUT2D eigenvalue weighted by atomic mass is 19.4.